The number of amides is 1. The smallest absolute Gasteiger partial charge is 0.234 e. The Balaban J connectivity index is 1.63. The average molecular weight is 326 g/mol. The van der Waals surface area contributed by atoms with Gasteiger partial charge >= 0.3 is 0 Å². The van der Waals surface area contributed by atoms with Crippen LogP contribution < -0.4 is 10.1 Å². The van der Waals surface area contributed by atoms with Crippen molar-refractivity contribution in [3.05, 3.63) is 65.5 Å². The summed E-state index contributed by atoms with van der Waals surface area (Å²) < 4.78 is 19.3. The third-order valence-corrected chi connectivity index (χ3v) is 4.76. The Kier molecular flexibility index (Phi) is 3.94. The molecule has 4 rings (SSSR count). The number of nitrogens with one attached hydrogen (secondary N) is 1. The lowest BCUT2D eigenvalue weighted by Gasteiger charge is -2.37. The zero-order valence-corrected chi connectivity index (χ0v) is 13.2. The van der Waals surface area contributed by atoms with E-state index in [1.54, 1.807) is 6.07 Å². The molecule has 124 valence electrons. The van der Waals surface area contributed by atoms with Crippen LogP contribution in [0.4, 0.5) is 4.39 Å². The second kappa shape index (κ2) is 6.24. The fourth-order valence-corrected chi connectivity index (χ4v) is 3.55. The Morgan fingerprint density at radius 2 is 2.08 bits per heavy atom. The van der Waals surface area contributed by atoms with Crippen molar-refractivity contribution >= 4 is 5.91 Å². The first kappa shape index (κ1) is 15.1. The number of piperazine rings is 1. The lowest BCUT2D eigenvalue weighted by molar-refractivity contribution is -0.136. The maximum atomic E-state index is 13.6. The summed E-state index contributed by atoms with van der Waals surface area (Å²) in [6, 6.07) is 14.0. The molecule has 2 heterocycles. The number of halogens is 1. The molecule has 0 spiro atoms. The largest absolute Gasteiger partial charge is 0.492 e. The molecule has 2 aromatic carbocycles. The van der Waals surface area contributed by atoms with Gasteiger partial charge in [0.15, 0.2) is 0 Å². The number of hydrogen-bond donors (Lipinski definition) is 1. The number of para-hydroxylation sites is 1. The Bertz CT molecular complexity index is 765. The van der Waals surface area contributed by atoms with Gasteiger partial charge in [0.05, 0.1) is 6.04 Å². The van der Waals surface area contributed by atoms with E-state index < -0.39 is 0 Å². The minimum atomic E-state index is -0.282. The Morgan fingerprint density at radius 3 is 2.96 bits per heavy atom. The van der Waals surface area contributed by atoms with Gasteiger partial charge in [-0.3, -0.25) is 4.79 Å². The number of nitrogens with zero attached hydrogens (tertiary/aromatic N) is 1. The maximum Gasteiger partial charge on any atom is 0.234 e. The molecule has 0 saturated carbocycles. The summed E-state index contributed by atoms with van der Waals surface area (Å²) in [5.74, 6) is 0.277. The van der Waals surface area contributed by atoms with Gasteiger partial charge in [-0.25, -0.2) is 4.39 Å². The van der Waals surface area contributed by atoms with Gasteiger partial charge in [-0.1, -0.05) is 30.3 Å². The number of carbonyl (C=O) groups excluding carboxylic acids is 1. The number of carbonyl (C=O) groups is 1. The predicted octanol–water partition coefficient (Wildman–Crippen LogP) is 2.47. The minimum absolute atomic E-state index is 0.0516. The highest BCUT2D eigenvalue weighted by molar-refractivity contribution is 5.86. The minimum Gasteiger partial charge on any atom is -0.492 e. The Morgan fingerprint density at radius 1 is 1.21 bits per heavy atom. The molecule has 0 radical (unpaired) electrons. The molecular weight excluding hydrogens is 307 g/mol. The van der Waals surface area contributed by atoms with Crippen LogP contribution in [0, 0.1) is 5.82 Å². The standard InChI is InChI=1S/C19H19FN2O2/c20-14-5-3-4-13(10-14)17-11-21-8-9-22(17)19(23)16-12-24-18-7-2-1-6-15(16)18/h1-7,10,16-17,21H,8-9,11-12H2. The van der Waals surface area contributed by atoms with Crippen molar-refractivity contribution in [3.8, 4) is 5.75 Å². The number of hydrogen-bond acceptors (Lipinski definition) is 3. The van der Waals surface area contributed by atoms with Crippen molar-refractivity contribution in [2.24, 2.45) is 0 Å². The molecule has 2 atom stereocenters. The van der Waals surface area contributed by atoms with E-state index in [9.17, 15) is 9.18 Å². The summed E-state index contributed by atoms with van der Waals surface area (Å²) in [4.78, 5) is 15.0. The third kappa shape index (κ3) is 2.65. The van der Waals surface area contributed by atoms with Crippen LogP contribution in [-0.4, -0.2) is 37.0 Å². The maximum absolute atomic E-state index is 13.6. The van der Waals surface area contributed by atoms with Crippen LogP contribution in [0.15, 0.2) is 48.5 Å². The van der Waals surface area contributed by atoms with Gasteiger partial charge in [0.25, 0.3) is 0 Å². The number of benzene rings is 2. The fourth-order valence-electron chi connectivity index (χ4n) is 3.55. The summed E-state index contributed by atoms with van der Waals surface area (Å²) in [6.45, 7) is 2.36. The van der Waals surface area contributed by atoms with Crippen LogP contribution in [-0.2, 0) is 4.79 Å². The first-order valence-corrected chi connectivity index (χ1v) is 8.22. The van der Waals surface area contributed by atoms with E-state index in [-0.39, 0.29) is 23.7 Å². The lowest BCUT2D eigenvalue weighted by atomic mass is 9.96. The van der Waals surface area contributed by atoms with Crippen molar-refractivity contribution < 1.29 is 13.9 Å². The molecule has 1 amide bonds. The monoisotopic (exact) mass is 326 g/mol. The zero-order valence-electron chi connectivity index (χ0n) is 13.2. The topological polar surface area (TPSA) is 41.6 Å². The van der Waals surface area contributed by atoms with Gasteiger partial charge in [-0.2, -0.15) is 0 Å². The normalized spacial score (nSPS) is 22.8. The molecule has 0 aliphatic carbocycles. The van der Waals surface area contributed by atoms with Crippen molar-refractivity contribution in [3.63, 3.8) is 0 Å². The molecule has 1 saturated heterocycles. The quantitative estimate of drug-likeness (QED) is 0.922. The number of rotatable bonds is 2. The van der Waals surface area contributed by atoms with Gasteiger partial charge in [-0.15, -0.1) is 0 Å². The van der Waals surface area contributed by atoms with Crippen molar-refractivity contribution in [2.75, 3.05) is 26.2 Å². The molecule has 1 fully saturated rings. The Hall–Kier alpha value is -2.40. The molecule has 24 heavy (non-hydrogen) atoms. The highest BCUT2D eigenvalue weighted by atomic mass is 19.1. The van der Waals surface area contributed by atoms with Crippen LogP contribution in [0.1, 0.15) is 23.1 Å². The Labute approximate surface area is 140 Å². The van der Waals surface area contributed by atoms with Gasteiger partial charge in [0, 0.05) is 25.2 Å². The van der Waals surface area contributed by atoms with Crippen LogP contribution in [0.5, 0.6) is 5.75 Å². The lowest BCUT2D eigenvalue weighted by Crippen LogP contribution is -2.50. The number of fused-ring (bicyclic) bond motifs is 1. The third-order valence-electron chi connectivity index (χ3n) is 4.76. The molecule has 2 aliphatic rings. The zero-order chi connectivity index (χ0) is 16.5. The average Bonchev–Trinajstić information content (AvgIpc) is 3.05. The van der Waals surface area contributed by atoms with Gasteiger partial charge in [0.2, 0.25) is 5.91 Å². The van der Waals surface area contributed by atoms with Gasteiger partial charge < -0.3 is 15.0 Å². The summed E-state index contributed by atoms with van der Waals surface area (Å²) in [7, 11) is 0. The van der Waals surface area contributed by atoms with E-state index in [0.717, 1.165) is 23.4 Å². The second-order valence-electron chi connectivity index (χ2n) is 6.21. The molecule has 0 bridgehead atoms. The van der Waals surface area contributed by atoms with E-state index in [4.69, 9.17) is 4.74 Å². The van der Waals surface area contributed by atoms with E-state index in [1.807, 2.05) is 35.2 Å². The summed E-state index contributed by atoms with van der Waals surface area (Å²) in [6.07, 6.45) is 0. The molecule has 0 aromatic heterocycles. The van der Waals surface area contributed by atoms with Crippen LogP contribution in [0.2, 0.25) is 0 Å². The van der Waals surface area contributed by atoms with E-state index >= 15 is 0 Å². The highest BCUT2D eigenvalue weighted by Crippen LogP contribution is 2.36. The molecule has 5 heteroatoms. The molecule has 2 unspecified atom stereocenters. The predicted molar refractivity (Wildman–Crippen MR) is 88.4 cm³/mol. The molecule has 2 aliphatic heterocycles. The van der Waals surface area contributed by atoms with Crippen molar-refractivity contribution in [1.29, 1.82) is 0 Å². The summed E-state index contributed by atoms with van der Waals surface area (Å²) >= 11 is 0. The van der Waals surface area contributed by atoms with E-state index in [1.165, 1.54) is 12.1 Å². The summed E-state index contributed by atoms with van der Waals surface area (Å²) in [5.41, 5.74) is 1.77. The first-order chi connectivity index (χ1) is 11.7. The number of ether oxygens (including phenoxy) is 1. The second-order valence-corrected chi connectivity index (χ2v) is 6.21. The van der Waals surface area contributed by atoms with Crippen LogP contribution >= 0.6 is 0 Å². The van der Waals surface area contributed by atoms with Crippen molar-refractivity contribution in [1.82, 2.24) is 10.2 Å². The molecule has 4 nitrogen and oxygen atoms in total. The summed E-state index contributed by atoms with van der Waals surface area (Å²) in [5, 5.41) is 3.30. The van der Waals surface area contributed by atoms with Gasteiger partial charge in [-0.05, 0) is 23.8 Å². The molecule has 2 aromatic rings. The van der Waals surface area contributed by atoms with Crippen LogP contribution in [0.3, 0.4) is 0 Å². The SMILES string of the molecule is O=C(C1COc2ccccc21)N1CCNCC1c1cccc(F)c1. The van der Waals surface area contributed by atoms with Gasteiger partial charge in [0.1, 0.15) is 24.1 Å². The fraction of sp³-hybridized carbons (Fsp3) is 0.316. The highest BCUT2D eigenvalue weighted by Gasteiger charge is 2.37. The van der Waals surface area contributed by atoms with Crippen molar-refractivity contribution in [2.45, 2.75) is 12.0 Å². The molecular formula is C19H19FN2O2. The van der Waals surface area contributed by atoms with E-state index in [2.05, 4.69) is 5.32 Å². The van der Waals surface area contributed by atoms with E-state index in [0.29, 0.717) is 19.7 Å². The molecule has 1 N–H and O–H groups in total. The van der Waals surface area contributed by atoms with Crippen LogP contribution in [0.25, 0.3) is 0 Å². The first-order valence-electron chi connectivity index (χ1n) is 8.22.